The zero-order chi connectivity index (χ0) is 11.1. The van der Waals surface area contributed by atoms with E-state index in [9.17, 15) is 0 Å². The number of hydrogen-bond donors (Lipinski definition) is 2. The molecule has 84 valence electrons. The highest BCUT2D eigenvalue weighted by molar-refractivity contribution is 14.1. The monoisotopic (exact) mass is 320 g/mol. The van der Waals surface area contributed by atoms with E-state index in [1.807, 2.05) is 12.2 Å². The number of rotatable bonds is 4. The van der Waals surface area contributed by atoms with Crippen LogP contribution < -0.4 is 11.1 Å². The number of allylic oxidation sites excluding steroid dienone is 3. The number of ether oxygens (including phenoxy) is 1. The van der Waals surface area contributed by atoms with Crippen molar-refractivity contribution in [2.24, 2.45) is 5.73 Å². The molecule has 0 aromatic rings. The Labute approximate surface area is 105 Å². The van der Waals surface area contributed by atoms with Crippen LogP contribution in [0.5, 0.6) is 0 Å². The molecule has 0 spiro atoms. The molecule has 1 fully saturated rings. The van der Waals surface area contributed by atoms with Crippen LogP contribution in [0.1, 0.15) is 12.8 Å². The molecule has 4 heteroatoms. The second-order valence-corrected chi connectivity index (χ2v) is 4.66. The van der Waals surface area contributed by atoms with Gasteiger partial charge in [0.05, 0.1) is 3.70 Å². The molecule has 1 rings (SSSR count). The van der Waals surface area contributed by atoms with Crippen LogP contribution in [0.4, 0.5) is 0 Å². The van der Waals surface area contributed by atoms with Crippen molar-refractivity contribution >= 4 is 22.6 Å². The number of nitrogens with two attached hydrogens (primary N) is 1. The van der Waals surface area contributed by atoms with Crippen LogP contribution in [0, 0.1) is 0 Å². The summed E-state index contributed by atoms with van der Waals surface area (Å²) in [5.41, 5.74) is 5.53. The summed E-state index contributed by atoms with van der Waals surface area (Å²) in [4.78, 5) is 0. The molecule has 1 atom stereocenters. The number of piperidine rings is 1. The standard InChI is InChI=1S/C11H17IN2O/c1-2-9(5-6-11(12)13)15-10-4-3-7-14-8-10/h2,5-6,10,14H,1,3-4,7-8,13H2/b9-5+,11-6-. The minimum absolute atomic E-state index is 0.256. The third kappa shape index (κ3) is 5.22. The first kappa shape index (κ1) is 12.6. The molecule has 1 heterocycles. The van der Waals surface area contributed by atoms with E-state index in [1.165, 1.54) is 6.42 Å². The van der Waals surface area contributed by atoms with Crippen LogP contribution in [-0.2, 0) is 4.74 Å². The van der Waals surface area contributed by atoms with Gasteiger partial charge >= 0.3 is 0 Å². The zero-order valence-corrected chi connectivity index (χ0v) is 10.9. The summed E-state index contributed by atoms with van der Waals surface area (Å²) < 4.78 is 6.50. The van der Waals surface area contributed by atoms with Gasteiger partial charge in [-0.25, -0.2) is 0 Å². The maximum atomic E-state index is 5.77. The molecule has 15 heavy (non-hydrogen) atoms. The molecule has 1 unspecified atom stereocenters. The van der Waals surface area contributed by atoms with E-state index in [4.69, 9.17) is 10.5 Å². The normalized spacial score (nSPS) is 23.7. The predicted octanol–water partition coefficient (Wildman–Crippen LogP) is 2.06. The Bertz CT molecular complexity index is 264. The van der Waals surface area contributed by atoms with Crippen LogP contribution in [0.2, 0.25) is 0 Å². The molecule has 1 aliphatic rings. The Morgan fingerprint density at radius 1 is 1.53 bits per heavy atom. The third-order valence-corrected chi connectivity index (χ3v) is 2.52. The zero-order valence-electron chi connectivity index (χ0n) is 8.71. The van der Waals surface area contributed by atoms with Crippen LogP contribution in [-0.4, -0.2) is 19.2 Å². The van der Waals surface area contributed by atoms with E-state index >= 15 is 0 Å². The minimum Gasteiger partial charge on any atom is -0.489 e. The topological polar surface area (TPSA) is 47.3 Å². The number of halogens is 1. The van der Waals surface area contributed by atoms with Crippen molar-refractivity contribution in [1.29, 1.82) is 0 Å². The Balaban J connectivity index is 2.48. The van der Waals surface area contributed by atoms with Gasteiger partial charge in [-0.3, -0.25) is 0 Å². The third-order valence-electron chi connectivity index (χ3n) is 2.16. The lowest BCUT2D eigenvalue weighted by atomic mass is 10.1. The molecule has 0 saturated carbocycles. The molecule has 3 N–H and O–H groups in total. The van der Waals surface area contributed by atoms with Crippen molar-refractivity contribution in [3.63, 3.8) is 0 Å². The highest BCUT2D eigenvalue weighted by Crippen LogP contribution is 2.12. The fraction of sp³-hybridized carbons (Fsp3) is 0.455. The van der Waals surface area contributed by atoms with Gasteiger partial charge in [-0.15, -0.1) is 0 Å². The maximum absolute atomic E-state index is 5.77. The summed E-state index contributed by atoms with van der Waals surface area (Å²) >= 11 is 2.06. The molecule has 1 saturated heterocycles. The second-order valence-electron chi connectivity index (χ2n) is 3.41. The molecule has 0 amide bonds. The van der Waals surface area contributed by atoms with E-state index < -0.39 is 0 Å². The Morgan fingerprint density at radius 3 is 2.87 bits per heavy atom. The van der Waals surface area contributed by atoms with Crippen molar-refractivity contribution < 1.29 is 4.74 Å². The van der Waals surface area contributed by atoms with Gasteiger partial charge in [-0.05, 0) is 60.2 Å². The van der Waals surface area contributed by atoms with Gasteiger partial charge in [-0.1, -0.05) is 6.58 Å². The van der Waals surface area contributed by atoms with Gasteiger partial charge in [-0.2, -0.15) is 0 Å². The smallest absolute Gasteiger partial charge is 0.119 e. The van der Waals surface area contributed by atoms with Crippen LogP contribution >= 0.6 is 22.6 Å². The molecular formula is C11H17IN2O. The minimum atomic E-state index is 0.256. The van der Waals surface area contributed by atoms with E-state index in [-0.39, 0.29) is 6.10 Å². The highest BCUT2D eigenvalue weighted by Gasteiger charge is 2.13. The Morgan fingerprint density at radius 2 is 2.33 bits per heavy atom. The largest absolute Gasteiger partial charge is 0.489 e. The quantitative estimate of drug-likeness (QED) is 0.361. The summed E-state index contributed by atoms with van der Waals surface area (Å²) in [6.45, 7) is 5.72. The number of hydrogen-bond acceptors (Lipinski definition) is 3. The van der Waals surface area contributed by atoms with Gasteiger partial charge in [0.1, 0.15) is 11.9 Å². The van der Waals surface area contributed by atoms with Crippen LogP contribution in [0.3, 0.4) is 0 Å². The molecule has 0 aromatic carbocycles. The average molecular weight is 320 g/mol. The predicted molar refractivity (Wildman–Crippen MR) is 71.5 cm³/mol. The van der Waals surface area contributed by atoms with Gasteiger partial charge in [0, 0.05) is 6.54 Å². The fourth-order valence-electron chi connectivity index (χ4n) is 1.43. The van der Waals surface area contributed by atoms with E-state index in [2.05, 4.69) is 34.5 Å². The SMILES string of the molecule is C=C/C(=C\C=C(/N)I)OC1CCCNC1. The van der Waals surface area contributed by atoms with Gasteiger partial charge in [0.25, 0.3) is 0 Å². The van der Waals surface area contributed by atoms with E-state index in [0.29, 0.717) is 0 Å². The van der Waals surface area contributed by atoms with Crippen LogP contribution in [0.15, 0.2) is 34.3 Å². The van der Waals surface area contributed by atoms with Gasteiger partial charge in [0.2, 0.25) is 0 Å². The molecule has 0 aromatic heterocycles. The van der Waals surface area contributed by atoms with E-state index in [1.54, 1.807) is 6.08 Å². The van der Waals surface area contributed by atoms with Crippen LogP contribution in [0.25, 0.3) is 0 Å². The lowest BCUT2D eigenvalue weighted by molar-refractivity contribution is 0.101. The molecule has 0 aliphatic carbocycles. The first-order valence-corrected chi connectivity index (χ1v) is 6.13. The van der Waals surface area contributed by atoms with Crippen molar-refractivity contribution in [1.82, 2.24) is 5.32 Å². The summed E-state index contributed by atoms with van der Waals surface area (Å²) in [7, 11) is 0. The molecular weight excluding hydrogens is 303 g/mol. The first-order chi connectivity index (χ1) is 7.22. The lowest BCUT2D eigenvalue weighted by Crippen LogP contribution is -2.35. The average Bonchev–Trinajstić information content (AvgIpc) is 2.25. The molecule has 0 radical (unpaired) electrons. The Kier molecular flexibility index (Phi) is 5.78. The summed E-state index contributed by atoms with van der Waals surface area (Å²) in [5, 5.41) is 3.30. The van der Waals surface area contributed by atoms with Crippen molar-refractivity contribution in [3.8, 4) is 0 Å². The van der Waals surface area contributed by atoms with Crippen molar-refractivity contribution in [2.75, 3.05) is 13.1 Å². The van der Waals surface area contributed by atoms with Crippen molar-refractivity contribution in [3.05, 3.63) is 34.3 Å². The molecule has 0 bridgehead atoms. The second kappa shape index (κ2) is 6.90. The van der Waals surface area contributed by atoms with Gasteiger partial charge < -0.3 is 15.8 Å². The lowest BCUT2D eigenvalue weighted by Gasteiger charge is -2.24. The van der Waals surface area contributed by atoms with Gasteiger partial charge in [0.15, 0.2) is 0 Å². The summed E-state index contributed by atoms with van der Waals surface area (Å²) in [6, 6.07) is 0. The Hall–Kier alpha value is -0.490. The summed E-state index contributed by atoms with van der Waals surface area (Å²) in [5.74, 6) is 0.781. The summed E-state index contributed by atoms with van der Waals surface area (Å²) in [6.07, 6.45) is 7.90. The van der Waals surface area contributed by atoms with Crippen molar-refractivity contribution in [2.45, 2.75) is 18.9 Å². The fourth-order valence-corrected chi connectivity index (χ4v) is 1.61. The molecule has 1 aliphatic heterocycles. The first-order valence-electron chi connectivity index (χ1n) is 5.05. The maximum Gasteiger partial charge on any atom is 0.119 e. The number of nitrogens with one attached hydrogen (secondary N) is 1. The molecule has 3 nitrogen and oxygen atoms in total. The van der Waals surface area contributed by atoms with E-state index in [0.717, 1.165) is 29.0 Å². The highest BCUT2D eigenvalue weighted by atomic mass is 127.